The average molecular weight is 273 g/mol. The molecule has 0 bridgehead atoms. The fourth-order valence-corrected chi connectivity index (χ4v) is 2.10. The Morgan fingerprint density at radius 2 is 2.22 bits per heavy atom. The normalized spacial score (nSPS) is 16.6. The van der Waals surface area contributed by atoms with Gasteiger partial charge in [0.05, 0.1) is 6.54 Å². The molecule has 5 heteroatoms. The molecule has 18 heavy (non-hydrogen) atoms. The molecule has 1 amide bonds. The van der Waals surface area contributed by atoms with Crippen molar-refractivity contribution >= 4 is 18.3 Å². The fourth-order valence-electron chi connectivity index (χ4n) is 2.10. The average Bonchev–Trinajstić information content (AvgIpc) is 2.60. The molecule has 0 spiro atoms. The summed E-state index contributed by atoms with van der Waals surface area (Å²) in [6.45, 7) is 6.39. The number of rotatable bonds is 4. The molecule has 1 aliphatic rings. The van der Waals surface area contributed by atoms with E-state index in [2.05, 4.69) is 5.32 Å². The SMILES string of the molecule is Cc1ccc(CN(C)C(=O)C(C)C2CNC2)o1.Cl. The van der Waals surface area contributed by atoms with Crippen molar-refractivity contribution < 1.29 is 9.21 Å². The molecule has 1 aromatic heterocycles. The van der Waals surface area contributed by atoms with Gasteiger partial charge in [-0.25, -0.2) is 0 Å². The molecule has 0 saturated carbocycles. The van der Waals surface area contributed by atoms with Gasteiger partial charge in [-0.05, 0) is 38.1 Å². The molecule has 1 aliphatic heterocycles. The van der Waals surface area contributed by atoms with Crippen molar-refractivity contribution in [1.29, 1.82) is 0 Å². The summed E-state index contributed by atoms with van der Waals surface area (Å²) in [5.41, 5.74) is 0. The minimum atomic E-state index is 0. The van der Waals surface area contributed by atoms with Crippen LogP contribution in [0.5, 0.6) is 0 Å². The Balaban J connectivity index is 0.00000162. The lowest BCUT2D eigenvalue weighted by Crippen LogP contribution is -2.49. The fraction of sp³-hybridized carbons (Fsp3) is 0.615. The van der Waals surface area contributed by atoms with Crippen LogP contribution in [0.25, 0.3) is 0 Å². The smallest absolute Gasteiger partial charge is 0.225 e. The zero-order valence-corrected chi connectivity index (χ0v) is 11.9. The van der Waals surface area contributed by atoms with Gasteiger partial charge >= 0.3 is 0 Å². The van der Waals surface area contributed by atoms with Crippen molar-refractivity contribution in [2.24, 2.45) is 11.8 Å². The van der Waals surface area contributed by atoms with E-state index in [0.717, 1.165) is 24.6 Å². The highest BCUT2D eigenvalue weighted by Gasteiger charge is 2.30. The van der Waals surface area contributed by atoms with E-state index in [1.165, 1.54) is 0 Å². The molecule has 1 aromatic rings. The zero-order valence-electron chi connectivity index (χ0n) is 11.1. The van der Waals surface area contributed by atoms with Gasteiger partial charge < -0.3 is 14.6 Å². The number of halogens is 1. The van der Waals surface area contributed by atoms with Crippen LogP contribution in [-0.2, 0) is 11.3 Å². The van der Waals surface area contributed by atoms with Crippen molar-refractivity contribution in [2.45, 2.75) is 20.4 Å². The van der Waals surface area contributed by atoms with Crippen LogP contribution < -0.4 is 5.32 Å². The number of hydrogen-bond acceptors (Lipinski definition) is 3. The first-order chi connectivity index (χ1) is 8.08. The Morgan fingerprint density at radius 3 is 2.67 bits per heavy atom. The van der Waals surface area contributed by atoms with E-state index < -0.39 is 0 Å². The summed E-state index contributed by atoms with van der Waals surface area (Å²) in [6, 6.07) is 3.85. The van der Waals surface area contributed by atoms with Crippen molar-refractivity contribution in [3.05, 3.63) is 23.7 Å². The molecule has 1 unspecified atom stereocenters. The molecule has 4 nitrogen and oxygen atoms in total. The van der Waals surface area contributed by atoms with E-state index in [0.29, 0.717) is 12.5 Å². The van der Waals surface area contributed by atoms with E-state index in [4.69, 9.17) is 4.42 Å². The molecule has 102 valence electrons. The topological polar surface area (TPSA) is 45.5 Å². The first-order valence-corrected chi connectivity index (χ1v) is 6.09. The number of nitrogens with zero attached hydrogens (tertiary/aromatic N) is 1. The van der Waals surface area contributed by atoms with Crippen LogP contribution in [0, 0.1) is 18.8 Å². The van der Waals surface area contributed by atoms with E-state index in [-0.39, 0.29) is 24.2 Å². The molecule has 1 N–H and O–H groups in total. The Morgan fingerprint density at radius 1 is 1.56 bits per heavy atom. The summed E-state index contributed by atoms with van der Waals surface area (Å²) in [5.74, 6) is 2.51. The first kappa shape index (κ1) is 15.1. The molecule has 2 heterocycles. The van der Waals surface area contributed by atoms with Crippen molar-refractivity contribution in [3.63, 3.8) is 0 Å². The number of aryl methyl sites for hydroxylation is 1. The van der Waals surface area contributed by atoms with E-state index in [1.807, 2.05) is 33.0 Å². The van der Waals surface area contributed by atoms with Gasteiger partial charge in [-0.3, -0.25) is 4.79 Å². The lowest BCUT2D eigenvalue weighted by molar-refractivity contribution is -0.136. The first-order valence-electron chi connectivity index (χ1n) is 6.09. The van der Waals surface area contributed by atoms with Gasteiger partial charge in [0, 0.05) is 13.0 Å². The summed E-state index contributed by atoms with van der Waals surface area (Å²) in [6.07, 6.45) is 0. The van der Waals surface area contributed by atoms with Crippen LogP contribution in [-0.4, -0.2) is 30.9 Å². The number of carbonyl (C=O) groups is 1. The van der Waals surface area contributed by atoms with E-state index >= 15 is 0 Å². The van der Waals surface area contributed by atoms with Gasteiger partial charge in [-0.15, -0.1) is 12.4 Å². The quantitative estimate of drug-likeness (QED) is 0.910. The lowest BCUT2D eigenvalue weighted by Gasteiger charge is -2.33. The number of nitrogens with one attached hydrogen (secondary N) is 1. The number of furan rings is 1. The predicted molar refractivity (Wildman–Crippen MR) is 72.7 cm³/mol. The van der Waals surface area contributed by atoms with Gasteiger partial charge in [0.15, 0.2) is 0 Å². The molecule has 0 aromatic carbocycles. The number of carbonyl (C=O) groups excluding carboxylic acids is 1. The highest BCUT2D eigenvalue weighted by atomic mass is 35.5. The van der Waals surface area contributed by atoms with Crippen LogP contribution in [0.3, 0.4) is 0 Å². The summed E-state index contributed by atoms with van der Waals surface area (Å²) in [5, 5.41) is 3.20. The zero-order chi connectivity index (χ0) is 12.4. The van der Waals surface area contributed by atoms with Gasteiger partial charge in [-0.1, -0.05) is 6.92 Å². The lowest BCUT2D eigenvalue weighted by atomic mass is 9.88. The van der Waals surface area contributed by atoms with Crippen LogP contribution in [0.15, 0.2) is 16.5 Å². The molecular formula is C13H21ClN2O2. The highest BCUT2D eigenvalue weighted by molar-refractivity contribution is 5.85. The van der Waals surface area contributed by atoms with Crippen LogP contribution >= 0.6 is 12.4 Å². The summed E-state index contributed by atoms with van der Waals surface area (Å²) >= 11 is 0. The maximum Gasteiger partial charge on any atom is 0.225 e. The van der Waals surface area contributed by atoms with Gasteiger partial charge in [0.2, 0.25) is 5.91 Å². The number of amides is 1. The molecule has 0 radical (unpaired) electrons. The molecule has 0 aliphatic carbocycles. The van der Waals surface area contributed by atoms with Gasteiger partial charge in [-0.2, -0.15) is 0 Å². The van der Waals surface area contributed by atoms with Gasteiger partial charge in [0.1, 0.15) is 11.5 Å². The summed E-state index contributed by atoms with van der Waals surface area (Å²) in [7, 11) is 1.84. The third-order valence-electron chi connectivity index (χ3n) is 3.47. The standard InChI is InChI=1S/C13H20N2O2.ClH/c1-9-4-5-12(17-9)8-15(3)13(16)10(2)11-6-14-7-11;/h4-5,10-11,14H,6-8H2,1-3H3;1H. The van der Waals surface area contributed by atoms with Crippen molar-refractivity contribution in [1.82, 2.24) is 10.2 Å². The summed E-state index contributed by atoms with van der Waals surface area (Å²) < 4.78 is 5.48. The number of hydrogen-bond donors (Lipinski definition) is 1. The minimum Gasteiger partial charge on any atom is -0.464 e. The Labute approximate surface area is 114 Å². The maximum atomic E-state index is 12.1. The third kappa shape index (κ3) is 3.27. The molecule has 1 saturated heterocycles. The third-order valence-corrected chi connectivity index (χ3v) is 3.47. The van der Waals surface area contributed by atoms with E-state index in [9.17, 15) is 4.79 Å². The maximum absolute atomic E-state index is 12.1. The Bertz CT molecular complexity index is 401. The molecule has 2 rings (SSSR count). The summed E-state index contributed by atoms with van der Waals surface area (Å²) in [4.78, 5) is 13.9. The van der Waals surface area contributed by atoms with Gasteiger partial charge in [0.25, 0.3) is 0 Å². The predicted octanol–water partition coefficient (Wildman–Crippen LogP) is 1.82. The second kappa shape index (κ2) is 6.25. The van der Waals surface area contributed by atoms with Crippen molar-refractivity contribution in [2.75, 3.05) is 20.1 Å². The Hall–Kier alpha value is -1.00. The molecular weight excluding hydrogens is 252 g/mol. The monoisotopic (exact) mass is 272 g/mol. The molecule has 1 atom stereocenters. The second-order valence-electron chi connectivity index (χ2n) is 4.91. The largest absolute Gasteiger partial charge is 0.464 e. The van der Waals surface area contributed by atoms with Crippen LogP contribution in [0.2, 0.25) is 0 Å². The Kier molecular flexibility index (Phi) is 5.23. The molecule has 1 fully saturated rings. The second-order valence-corrected chi connectivity index (χ2v) is 4.91. The van der Waals surface area contributed by atoms with Crippen molar-refractivity contribution in [3.8, 4) is 0 Å². The minimum absolute atomic E-state index is 0. The van der Waals surface area contributed by atoms with E-state index in [1.54, 1.807) is 4.90 Å². The van der Waals surface area contributed by atoms with Crippen LogP contribution in [0.1, 0.15) is 18.4 Å². The van der Waals surface area contributed by atoms with Crippen LogP contribution in [0.4, 0.5) is 0 Å². The highest BCUT2D eigenvalue weighted by Crippen LogP contribution is 2.19.